The quantitative estimate of drug-likeness (QED) is 0.835. The third kappa shape index (κ3) is 2.75. The topological polar surface area (TPSA) is 49.6 Å². The first kappa shape index (κ1) is 16.1. The molecule has 6 rings (SSSR count). The molecule has 0 saturated carbocycles. The van der Waals surface area contributed by atoms with Crippen molar-refractivity contribution >= 4 is 5.91 Å². The lowest BCUT2D eigenvalue weighted by molar-refractivity contribution is 0.0571. The van der Waals surface area contributed by atoms with E-state index in [4.69, 9.17) is 4.52 Å². The zero-order chi connectivity index (χ0) is 17.7. The van der Waals surface area contributed by atoms with E-state index in [2.05, 4.69) is 39.2 Å². The third-order valence-electron chi connectivity index (χ3n) is 6.40. The zero-order valence-electron chi connectivity index (χ0n) is 15.2. The summed E-state index contributed by atoms with van der Waals surface area (Å²) in [4.78, 5) is 17.7. The van der Waals surface area contributed by atoms with Gasteiger partial charge in [0.1, 0.15) is 5.76 Å². The lowest BCUT2D eigenvalue weighted by Crippen LogP contribution is -2.48. The first-order valence-electron chi connectivity index (χ1n) is 9.72. The molecule has 5 nitrogen and oxygen atoms in total. The Bertz CT molecular complexity index is 805. The van der Waals surface area contributed by atoms with Crippen molar-refractivity contribution in [1.29, 1.82) is 0 Å². The largest absolute Gasteiger partial charge is 0.361 e. The van der Waals surface area contributed by atoms with Gasteiger partial charge in [0, 0.05) is 37.8 Å². The van der Waals surface area contributed by atoms with E-state index in [1.165, 1.54) is 17.5 Å². The van der Waals surface area contributed by atoms with Gasteiger partial charge >= 0.3 is 0 Å². The van der Waals surface area contributed by atoms with Gasteiger partial charge in [-0.3, -0.25) is 9.69 Å². The standard InChI is InChI=1S/C21H25N3O2/c1-14-8-20(22-26-14)21(25)24-12-15-6-7-18(24)13-23(11-15)19-9-16-4-2-3-5-17(16)10-19/h2-5,8,15,18-19H,6-7,9-13H2,1H3/t15-,18+/m0/s1. The molecular weight excluding hydrogens is 326 g/mol. The maximum atomic E-state index is 12.9. The fraction of sp³-hybridized carbons (Fsp3) is 0.524. The van der Waals surface area contributed by atoms with Gasteiger partial charge in [0.15, 0.2) is 5.69 Å². The highest BCUT2D eigenvalue weighted by Gasteiger charge is 2.40. The van der Waals surface area contributed by atoms with Gasteiger partial charge in [0.25, 0.3) is 5.91 Å². The van der Waals surface area contributed by atoms with Crippen LogP contribution in [0.1, 0.15) is 40.2 Å². The van der Waals surface area contributed by atoms with Gasteiger partial charge < -0.3 is 9.42 Å². The van der Waals surface area contributed by atoms with Crippen LogP contribution in [0, 0.1) is 12.8 Å². The summed E-state index contributed by atoms with van der Waals surface area (Å²) in [6, 6.07) is 11.5. The van der Waals surface area contributed by atoms with E-state index in [0.29, 0.717) is 29.5 Å². The van der Waals surface area contributed by atoms with Gasteiger partial charge in [-0.25, -0.2) is 0 Å². The Labute approximate surface area is 153 Å². The summed E-state index contributed by atoms with van der Waals surface area (Å²) >= 11 is 0. The number of carbonyl (C=O) groups excluding carboxylic acids is 1. The summed E-state index contributed by atoms with van der Waals surface area (Å²) in [7, 11) is 0. The smallest absolute Gasteiger partial charge is 0.276 e. The van der Waals surface area contributed by atoms with Crippen LogP contribution in [-0.4, -0.2) is 52.6 Å². The van der Waals surface area contributed by atoms with Gasteiger partial charge in [-0.2, -0.15) is 0 Å². The number of piperidine rings is 1. The molecule has 26 heavy (non-hydrogen) atoms. The maximum Gasteiger partial charge on any atom is 0.276 e. The molecule has 1 aliphatic carbocycles. The molecule has 0 spiro atoms. The summed E-state index contributed by atoms with van der Waals surface area (Å²) < 4.78 is 5.12. The van der Waals surface area contributed by atoms with E-state index >= 15 is 0 Å². The fourth-order valence-electron chi connectivity index (χ4n) is 5.07. The van der Waals surface area contributed by atoms with E-state index in [0.717, 1.165) is 38.9 Å². The molecule has 0 N–H and O–H groups in total. The Morgan fingerprint density at radius 1 is 1.08 bits per heavy atom. The minimum atomic E-state index is 0.0353. The Hall–Kier alpha value is -2.14. The van der Waals surface area contributed by atoms with Crippen LogP contribution in [0.4, 0.5) is 0 Å². The normalized spacial score (nSPS) is 26.1. The van der Waals surface area contributed by atoms with Crippen molar-refractivity contribution in [3.05, 3.63) is 52.9 Å². The predicted molar refractivity (Wildman–Crippen MR) is 98.0 cm³/mol. The van der Waals surface area contributed by atoms with E-state index in [-0.39, 0.29) is 5.91 Å². The van der Waals surface area contributed by atoms with Gasteiger partial charge in [-0.15, -0.1) is 0 Å². The van der Waals surface area contributed by atoms with Gasteiger partial charge in [-0.1, -0.05) is 29.4 Å². The molecule has 2 aromatic rings. The second-order valence-electron chi connectivity index (χ2n) is 8.16. The van der Waals surface area contributed by atoms with E-state index < -0.39 is 0 Å². The summed E-state index contributed by atoms with van der Waals surface area (Å²) in [5, 5.41) is 3.95. The van der Waals surface area contributed by atoms with Crippen LogP contribution in [0.3, 0.4) is 0 Å². The summed E-state index contributed by atoms with van der Waals surface area (Å²) in [5.74, 6) is 1.29. The molecule has 2 bridgehead atoms. The summed E-state index contributed by atoms with van der Waals surface area (Å²) in [5.41, 5.74) is 3.45. The molecule has 4 aliphatic rings. The highest BCUT2D eigenvalue weighted by atomic mass is 16.5. The molecule has 3 aliphatic heterocycles. The van der Waals surface area contributed by atoms with Gasteiger partial charge in [-0.05, 0) is 49.7 Å². The Balaban J connectivity index is 1.34. The molecular formula is C21H25N3O2. The number of aromatic nitrogens is 1. The van der Waals surface area contributed by atoms with Crippen molar-refractivity contribution in [2.45, 2.75) is 44.7 Å². The molecule has 1 amide bonds. The van der Waals surface area contributed by atoms with Crippen LogP contribution in [0.5, 0.6) is 0 Å². The first-order valence-corrected chi connectivity index (χ1v) is 9.72. The number of hydrogen-bond donors (Lipinski definition) is 0. The average molecular weight is 351 g/mol. The molecule has 3 fully saturated rings. The number of carbonyl (C=O) groups is 1. The second kappa shape index (κ2) is 6.23. The average Bonchev–Trinajstić information content (AvgIpc) is 3.17. The summed E-state index contributed by atoms with van der Waals surface area (Å²) in [6.07, 6.45) is 4.62. The maximum absolute atomic E-state index is 12.9. The van der Waals surface area contributed by atoms with Crippen LogP contribution in [0.15, 0.2) is 34.9 Å². The minimum Gasteiger partial charge on any atom is -0.361 e. The molecule has 0 radical (unpaired) electrons. The molecule has 1 aromatic carbocycles. The molecule has 2 atom stereocenters. The number of rotatable bonds is 2. The molecule has 0 unspecified atom stereocenters. The Morgan fingerprint density at radius 2 is 1.85 bits per heavy atom. The van der Waals surface area contributed by atoms with E-state index in [1.807, 2.05) is 6.92 Å². The molecule has 5 heteroatoms. The molecule has 4 heterocycles. The summed E-state index contributed by atoms with van der Waals surface area (Å²) in [6.45, 7) is 4.78. The van der Waals surface area contributed by atoms with Gasteiger partial charge in [0.05, 0.1) is 0 Å². The Kier molecular flexibility index (Phi) is 3.85. The molecule has 136 valence electrons. The minimum absolute atomic E-state index is 0.0353. The lowest BCUT2D eigenvalue weighted by Gasteiger charge is -2.35. The van der Waals surface area contributed by atoms with E-state index in [9.17, 15) is 4.79 Å². The third-order valence-corrected chi connectivity index (χ3v) is 6.40. The predicted octanol–water partition coefficient (Wildman–Crippen LogP) is 2.69. The fourth-order valence-corrected chi connectivity index (χ4v) is 5.07. The number of nitrogens with zero attached hydrogens (tertiary/aromatic N) is 3. The van der Waals surface area contributed by atoms with Crippen LogP contribution in [0.25, 0.3) is 0 Å². The van der Waals surface area contributed by atoms with Crippen molar-refractivity contribution < 1.29 is 9.32 Å². The molecule has 3 saturated heterocycles. The van der Waals surface area contributed by atoms with E-state index in [1.54, 1.807) is 6.07 Å². The molecule has 1 aromatic heterocycles. The number of hydrogen-bond acceptors (Lipinski definition) is 4. The van der Waals surface area contributed by atoms with Crippen LogP contribution in [-0.2, 0) is 12.8 Å². The van der Waals surface area contributed by atoms with Crippen LogP contribution in [0.2, 0.25) is 0 Å². The van der Waals surface area contributed by atoms with Crippen LogP contribution < -0.4 is 0 Å². The highest BCUT2D eigenvalue weighted by molar-refractivity contribution is 5.92. The lowest BCUT2D eigenvalue weighted by atomic mass is 9.94. The van der Waals surface area contributed by atoms with Crippen molar-refractivity contribution in [1.82, 2.24) is 15.0 Å². The van der Waals surface area contributed by atoms with Crippen molar-refractivity contribution in [2.75, 3.05) is 19.6 Å². The highest BCUT2D eigenvalue weighted by Crippen LogP contribution is 2.33. The number of benzene rings is 1. The number of amides is 1. The van der Waals surface area contributed by atoms with Crippen molar-refractivity contribution in [3.8, 4) is 0 Å². The van der Waals surface area contributed by atoms with Crippen LogP contribution >= 0.6 is 0 Å². The first-order chi connectivity index (χ1) is 12.7. The zero-order valence-corrected chi connectivity index (χ0v) is 15.2. The number of aryl methyl sites for hydroxylation is 1. The van der Waals surface area contributed by atoms with Gasteiger partial charge in [0.2, 0.25) is 0 Å². The van der Waals surface area contributed by atoms with Crippen molar-refractivity contribution in [3.63, 3.8) is 0 Å². The monoisotopic (exact) mass is 351 g/mol. The van der Waals surface area contributed by atoms with Crippen molar-refractivity contribution in [2.24, 2.45) is 5.92 Å². The number of fused-ring (bicyclic) bond motifs is 5. The Morgan fingerprint density at radius 3 is 2.54 bits per heavy atom. The SMILES string of the molecule is Cc1cc(C(=O)N2C[C@H]3CC[C@@H]2CN(C2Cc4ccccc4C2)C3)no1. The second-order valence-corrected chi connectivity index (χ2v) is 8.16.